The lowest BCUT2D eigenvalue weighted by atomic mass is 10.1. The number of methoxy groups -OCH3 is 1. The maximum Gasteiger partial charge on any atom is 0.291 e. The van der Waals surface area contributed by atoms with Crippen LogP contribution in [0.2, 0.25) is 0 Å². The number of rotatable bonds is 15. The highest BCUT2D eigenvalue weighted by molar-refractivity contribution is 7.19. The predicted octanol–water partition coefficient (Wildman–Crippen LogP) is 5.66. The Balaban J connectivity index is 0.724. The van der Waals surface area contributed by atoms with Gasteiger partial charge >= 0.3 is 0 Å². The molecule has 2 fully saturated rings. The third-order valence-corrected chi connectivity index (χ3v) is 12.3. The van der Waals surface area contributed by atoms with Crippen LogP contribution in [-0.2, 0) is 37.9 Å². The lowest BCUT2D eigenvalue weighted by molar-refractivity contribution is 0.0954. The number of pyridine rings is 1. The lowest BCUT2D eigenvalue weighted by Crippen LogP contribution is -2.51. The molecule has 2 aliphatic heterocycles. The van der Waals surface area contributed by atoms with E-state index in [-0.39, 0.29) is 11.5 Å². The number of carbonyl (C=O) groups excluding carboxylic acids is 1. The van der Waals surface area contributed by atoms with Gasteiger partial charge in [0.1, 0.15) is 21.9 Å². The highest BCUT2D eigenvalue weighted by atomic mass is 32.1. The van der Waals surface area contributed by atoms with Gasteiger partial charge in [-0.2, -0.15) is 5.10 Å². The molecule has 14 heteroatoms. The topological polar surface area (TPSA) is 133 Å². The summed E-state index contributed by atoms with van der Waals surface area (Å²) < 4.78 is 17.8. The van der Waals surface area contributed by atoms with Gasteiger partial charge in [-0.15, -0.1) is 11.3 Å². The molecule has 7 aromatic rings. The molecule has 2 aromatic carbocycles. The molecular formula is C43H47N9O4S. The maximum atomic E-state index is 13.4. The number of amides is 1. The molecule has 0 spiro atoms. The molecule has 7 heterocycles. The first-order valence-electron chi connectivity index (χ1n) is 19.8. The molecule has 5 aromatic heterocycles. The number of hydrogen-bond acceptors (Lipinski definition) is 10. The first kappa shape index (κ1) is 37.0. The van der Waals surface area contributed by atoms with Crippen LogP contribution in [0.15, 0.2) is 84.0 Å². The minimum absolute atomic E-state index is 0.107. The van der Waals surface area contributed by atoms with E-state index in [9.17, 15) is 9.59 Å². The molecule has 0 radical (unpaired) electrons. The number of hydrogen-bond donors (Lipinski definition) is 2. The van der Waals surface area contributed by atoms with E-state index in [1.54, 1.807) is 30.8 Å². The summed E-state index contributed by atoms with van der Waals surface area (Å²) in [5.41, 5.74) is 6.07. The van der Waals surface area contributed by atoms with Crippen LogP contribution in [0.5, 0.6) is 5.75 Å². The van der Waals surface area contributed by atoms with E-state index in [2.05, 4.69) is 54.4 Å². The SMILES string of the molecule is COc1cccc(Cn2ncc3c4sc(COCCCCn5ccc6cc(C(=O)NCCc7ccc(N8C[C@H]9CC[C@@H](C8)N9)cc7)cnc65)nc4n(C)c3c2=O)c1. The van der Waals surface area contributed by atoms with E-state index in [0.29, 0.717) is 49.5 Å². The molecule has 2 atom stereocenters. The van der Waals surface area contributed by atoms with Crippen LogP contribution in [0.3, 0.4) is 0 Å². The summed E-state index contributed by atoms with van der Waals surface area (Å²) in [6, 6.07) is 21.6. The summed E-state index contributed by atoms with van der Waals surface area (Å²) in [6.07, 6.45) is 10.6. The van der Waals surface area contributed by atoms with Crippen molar-refractivity contribution in [2.45, 2.75) is 63.9 Å². The Labute approximate surface area is 334 Å². The van der Waals surface area contributed by atoms with Gasteiger partial charge in [0, 0.05) is 80.8 Å². The summed E-state index contributed by atoms with van der Waals surface area (Å²) in [6.45, 7) is 4.89. The maximum absolute atomic E-state index is 13.4. The number of nitrogens with one attached hydrogen (secondary N) is 2. The number of anilines is 1. The summed E-state index contributed by atoms with van der Waals surface area (Å²) >= 11 is 1.54. The highest BCUT2D eigenvalue weighted by Crippen LogP contribution is 2.31. The highest BCUT2D eigenvalue weighted by Gasteiger charge is 2.32. The molecule has 0 aliphatic carbocycles. The summed E-state index contributed by atoms with van der Waals surface area (Å²) in [4.78, 5) is 38.4. The van der Waals surface area contributed by atoms with Crippen LogP contribution in [0.4, 0.5) is 5.69 Å². The van der Waals surface area contributed by atoms with Gasteiger partial charge in [-0.05, 0) is 79.6 Å². The van der Waals surface area contributed by atoms with Crippen LogP contribution in [0, 0.1) is 0 Å². The fourth-order valence-electron chi connectivity index (χ4n) is 8.28. The van der Waals surface area contributed by atoms with Gasteiger partial charge in [0.2, 0.25) is 0 Å². The first-order chi connectivity index (χ1) is 27.9. The normalized spacial score (nSPS) is 16.6. The number of aryl methyl sites for hydroxylation is 2. The van der Waals surface area contributed by atoms with Crippen LogP contribution >= 0.6 is 11.3 Å². The number of fused-ring (bicyclic) bond motifs is 6. The molecule has 2 saturated heterocycles. The van der Waals surface area contributed by atoms with Crippen molar-refractivity contribution in [1.82, 2.24) is 39.5 Å². The average molecular weight is 786 g/mol. The second-order valence-corrected chi connectivity index (χ2v) is 16.2. The molecule has 2 aliphatic rings. The first-order valence-corrected chi connectivity index (χ1v) is 20.6. The smallest absolute Gasteiger partial charge is 0.291 e. The van der Waals surface area contributed by atoms with E-state index in [0.717, 1.165) is 82.0 Å². The van der Waals surface area contributed by atoms with Crippen LogP contribution < -0.4 is 25.8 Å². The van der Waals surface area contributed by atoms with Gasteiger partial charge in [0.25, 0.3) is 11.5 Å². The number of benzene rings is 2. The minimum atomic E-state index is -0.155. The Morgan fingerprint density at radius 1 is 1.00 bits per heavy atom. The van der Waals surface area contributed by atoms with E-state index in [1.807, 2.05) is 54.2 Å². The van der Waals surface area contributed by atoms with E-state index in [4.69, 9.17) is 14.5 Å². The number of ether oxygens (including phenoxy) is 2. The Kier molecular flexibility index (Phi) is 10.5. The van der Waals surface area contributed by atoms with Crippen molar-refractivity contribution in [2.75, 3.05) is 38.3 Å². The lowest BCUT2D eigenvalue weighted by Gasteiger charge is -2.34. The Bertz CT molecular complexity index is 2600. The third kappa shape index (κ3) is 7.76. The van der Waals surface area contributed by atoms with Crippen molar-refractivity contribution in [1.29, 1.82) is 0 Å². The van der Waals surface area contributed by atoms with Crippen LogP contribution in [0.1, 0.15) is 52.2 Å². The van der Waals surface area contributed by atoms with E-state index < -0.39 is 0 Å². The number of piperazine rings is 1. The Morgan fingerprint density at radius 3 is 2.67 bits per heavy atom. The van der Waals surface area contributed by atoms with Gasteiger partial charge in [-0.1, -0.05) is 24.3 Å². The van der Waals surface area contributed by atoms with Crippen molar-refractivity contribution < 1.29 is 14.3 Å². The molecule has 57 heavy (non-hydrogen) atoms. The van der Waals surface area contributed by atoms with Crippen molar-refractivity contribution >= 4 is 55.2 Å². The van der Waals surface area contributed by atoms with Gasteiger partial charge < -0.3 is 34.1 Å². The number of nitrogens with zero attached hydrogens (tertiary/aromatic N) is 7. The molecule has 13 nitrogen and oxygen atoms in total. The van der Waals surface area contributed by atoms with Crippen LogP contribution in [0.25, 0.3) is 32.3 Å². The Hall–Kier alpha value is -5.57. The molecule has 9 rings (SSSR count). The Morgan fingerprint density at radius 2 is 1.84 bits per heavy atom. The van der Waals surface area contributed by atoms with Gasteiger partial charge in [0.15, 0.2) is 5.65 Å². The van der Waals surface area contributed by atoms with Gasteiger partial charge in [0.05, 0.1) is 36.7 Å². The standard InChI is InChI=1S/C43H47N9O4S/c1-49-38-36(23-46-52(43(38)54)24-29-6-5-7-35(20-29)55-2)39-41(49)48-37(57-39)27-56-19-4-3-17-50-18-15-30-21-31(22-45-40(30)50)42(53)44-16-14-28-8-12-34(13-9-28)51-25-32-10-11-33(26-51)47-32/h5-9,12-13,15,18,20-23,32-33,47H,3-4,10-11,14,16-17,19,24-27H2,1-2H3,(H,44,53)/t32-,33+. The van der Waals surface area contributed by atoms with E-state index >= 15 is 0 Å². The average Bonchev–Trinajstić information content (AvgIpc) is 4.00. The number of carbonyl (C=O) groups is 1. The molecule has 2 N–H and O–H groups in total. The number of unbranched alkanes of at least 4 members (excludes halogenated alkanes) is 1. The molecular weight excluding hydrogens is 739 g/mol. The molecule has 2 bridgehead atoms. The number of aromatic nitrogens is 6. The largest absolute Gasteiger partial charge is 0.497 e. The van der Waals surface area contributed by atoms with Crippen LogP contribution in [-0.4, -0.2) is 80.2 Å². The zero-order valence-electron chi connectivity index (χ0n) is 32.3. The van der Waals surface area contributed by atoms with Gasteiger partial charge in [-0.25, -0.2) is 14.6 Å². The summed E-state index contributed by atoms with van der Waals surface area (Å²) in [5, 5.41) is 13.9. The molecule has 1 amide bonds. The second kappa shape index (κ2) is 16.1. The zero-order valence-corrected chi connectivity index (χ0v) is 33.1. The summed E-state index contributed by atoms with van der Waals surface area (Å²) in [7, 11) is 3.50. The van der Waals surface area contributed by atoms with E-state index in [1.165, 1.54) is 28.8 Å². The summed E-state index contributed by atoms with van der Waals surface area (Å²) in [5.74, 6) is 0.633. The second-order valence-electron chi connectivity index (χ2n) is 15.2. The quantitative estimate of drug-likeness (QED) is 0.126. The third-order valence-electron chi connectivity index (χ3n) is 11.3. The van der Waals surface area contributed by atoms with Crippen molar-refractivity contribution in [3.63, 3.8) is 0 Å². The molecule has 294 valence electrons. The fourth-order valence-corrected chi connectivity index (χ4v) is 9.33. The predicted molar refractivity (Wildman–Crippen MR) is 224 cm³/mol. The van der Waals surface area contributed by atoms with Crippen molar-refractivity contribution in [3.05, 3.63) is 111 Å². The molecule has 0 unspecified atom stereocenters. The zero-order chi connectivity index (χ0) is 38.9. The van der Waals surface area contributed by atoms with Crippen molar-refractivity contribution in [3.8, 4) is 5.75 Å². The van der Waals surface area contributed by atoms with Crippen molar-refractivity contribution in [2.24, 2.45) is 7.05 Å². The minimum Gasteiger partial charge on any atom is -0.497 e. The molecule has 0 saturated carbocycles. The number of thiazole rings is 1. The van der Waals surface area contributed by atoms with Gasteiger partial charge in [-0.3, -0.25) is 9.59 Å². The monoisotopic (exact) mass is 785 g/mol. The fraction of sp³-hybridized carbons (Fsp3) is 0.372.